The van der Waals surface area contributed by atoms with Gasteiger partial charge in [-0.1, -0.05) is 68.5 Å². The van der Waals surface area contributed by atoms with Gasteiger partial charge >= 0.3 is 0 Å². The zero-order chi connectivity index (χ0) is 22.6. The summed E-state index contributed by atoms with van der Waals surface area (Å²) in [5, 5.41) is 2.18. The van der Waals surface area contributed by atoms with Crippen LogP contribution in [0.1, 0.15) is 32.3 Å². The average Bonchev–Trinajstić information content (AvgIpc) is 3.17. The van der Waals surface area contributed by atoms with Crippen molar-refractivity contribution in [2.24, 2.45) is 11.5 Å². The number of allylic oxidation sites excluding steroid dienone is 1. The van der Waals surface area contributed by atoms with Crippen molar-refractivity contribution >= 4 is 11.8 Å². The Morgan fingerprint density at radius 3 is 2.48 bits per heavy atom. The van der Waals surface area contributed by atoms with Gasteiger partial charge in [0.1, 0.15) is 12.4 Å². The Morgan fingerprint density at radius 1 is 1.10 bits per heavy atom. The molecule has 0 saturated heterocycles. The lowest BCUT2D eigenvalue weighted by atomic mass is 10.1. The Bertz CT molecular complexity index is 1080. The molecule has 0 aliphatic carbocycles. The van der Waals surface area contributed by atoms with Crippen LogP contribution < -0.4 is 26.8 Å². The third kappa shape index (κ3) is 6.37. The molecule has 2 aromatic carbocycles. The van der Waals surface area contributed by atoms with Crippen LogP contribution in [-0.2, 0) is 13.2 Å². The Balaban J connectivity index is 0.00000166. The first-order chi connectivity index (χ1) is 15.1. The summed E-state index contributed by atoms with van der Waals surface area (Å²) in [6.07, 6.45) is 8.33. The van der Waals surface area contributed by atoms with Crippen molar-refractivity contribution in [2.45, 2.75) is 39.8 Å². The van der Waals surface area contributed by atoms with E-state index in [9.17, 15) is 0 Å². The lowest BCUT2D eigenvalue weighted by Gasteiger charge is -2.08. The highest BCUT2D eigenvalue weighted by Crippen LogP contribution is 2.22. The van der Waals surface area contributed by atoms with E-state index in [1.165, 1.54) is 7.05 Å². The third-order valence-electron chi connectivity index (χ3n) is 4.94. The molecule has 0 aliphatic heterocycles. The molecule has 3 aromatic rings. The summed E-state index contributed by atoms with van der Waals surface area (Å²) in [5.41, 5.74) is 15.0. The molecular weight excluding hydrogens is 382 g/mol. The highest BCUT2D eigenvalue weighted by atomic mass is 16.5. The number of rotatable bonds is 8. The first-order valence-corrected chi connectivity index (χ1v) is 10.8. The molecule has 0 unspecified atom stereocenters. The molecular formula is C27H35N3O. The second-order valence-corrected chi connectivity index (χ2v) is 7.24. The van der Waals surface area contributed by atoms with Crippen LogP contribution in [0.25, 0.3) is 22.9 Å². The summed E-state index contributed by atoms with van der Waals surface area (Å²) in [5.74, 6) is 0.850. The van der Waals surface area contributed by atoms with Gasteiger partial charge in [-0.25, -0.2) is 0 Å². The normalized spacial score (nSPS) is 12.1. The van der Waals surface area contributed by atoms with Gasteiger partial charge in [-0.15, -0.1) is 0 Å². The van der Waals surface area contributed by atoms with Crippen LogP contribution in [0.15, 0.2) is 73.4 Å². The van der Waals surface area contributed by atoms with E-state index in [2.05, 4.69) is 54.3 Å². The molecule has 0 fully saturated rings. The predicted octanol–water partition coefficient (Wildman–Crippen LogP) is 4.16. The summed E-state index contributed by atoms with van der Waals surface area (Å²) in [6, 6.07) is 18.4. The van der Waals surface area contributed by atoms with Crippen LogP contribution in [0.4, 0.5) is 0 Å². The van der Waals surface area contributed by atoms with E-state index >= 15 is 0 Å². The Kier molecular flexibility index (Phi) is 9.66. The molecule has 0 bridgehead atoms. The molecule has 0 amide bonds. The van der Waals surface area contributed by atoms with Gasteiger partial charge in [-0.3, -0.25) is 0 Å². The summed E-state index contributed by atoms with van der Waals surface area (Å²) in [7, 11) is 1.50. The topological polar surface area (TPSA) is 66.2 Å². The van der Waals surface area contributed by atoms with E-state index in [4.69, 9.17) is 10.5 Å². The molecule has 31 heavy (non-hydrogen) atoms. The van der Waals surface area contributed by atoms with Gasteiger partial charge in [-0.05, 0) is 49.7 Å². The summed E-state index contributed by atoms with van der Waals surface area (Å²) in [6.45, 7) is 9.56. The van der Waals surface area contributed by atoms with Gasteiger partial charge < -0.3 is 20.8 Å². The zero-order valence-corrected chi connectivity index (χ0v) is 19.0. The molecule has 164 valence electrons. The minimum Gasteiger partial charge on any atom is -0.489 e. The van der Waals surface area contributed by atoms with Crippen molar-refractivity contribution in [1.29, 1.82) is 0 Å². The van der Waals surface area contributed by atoms with E-state index in [1.54, 1.807) is 0 Å². The monoisotopic (exact) mass is 417 g/mol. The van der Waals surface area contributed by atoms with Crippen LogP contribution in [0, 0.1) is 0 Å². The number of ether oxygens (including phenoxy) is 1. The molecule has 0 aliphatic rings. The van der Waals surface area contributed by atoms with Crippen molar-refractivity contribution in [3.63, 3.8) is 0 Å². The van der Waals surface area contributed by atoms with E-state index in [1.807, 2.05) is 49.4 Å². The second kappa shape index (κ2) is 12.5. The van der Waals surface area contributed by atoms with Crippen molar-refractivity contribution in [3.8, 4) is 16.9 Å². The van der Waals surface area contributed by atoms with Crippen LogP contribution >= 0.6 is 0 Å². The van der Waals surface area contributed by atoms with Gasteiger partial charge in [0.15, 0.2) is 0 Å². The van der Waals surface area contributed by atoms with Gasteiger partial charge in [0.05, 0.1) is 5.35 Å². The van der Waals surface area contributed by atoms with Crippen molar-refractivity contribution in [1.82, 2.24) is 4.57 Å². The van der Waals surface area contributed by atoms with Crippen molar-refractivity contribution in [3.05, 3.63) is 89.6 Å². The largest absolute Gasteiger partial charge is 0.489 e. The number of unbranched alkanes of at least 4 members (excludes halogenated alkanes) is 1. The fourth-order valence-electron chi connectivity index (χ4n) is 3.50. The third-order valence-corrected chi connectivity index (χ3v) is 4.94. The maximum Gasteiger partial charge on any atom is 0.120 e. The maximum atomic E-state index is 6.32. The minimum atomic E-state index is 0.548. The highest BCUT2D eigenvalue weighted by molar-refractivity contribution is 5.69. The number of nitrogens with zero attached hydrogens (tertiary/aromatic N) is 1. The lowest BCUT2D eigenvalue weighted by Crippen LogP contribution is -2.33. The van der Waals surface area contributed by atoms with E-state index < -0.39 is 0 Å². The molecule has 3 rings (SSSR count). The Morgan fingerprint density at radius 2 is 1.84 bits per heavy atom. The molecule has 0 radical (unpaired) electrons. The highest BCUT2D eigenvalue weighted by Gasteiger charge is 2.10. The van der Waals surface area contributed by atoms with Crippen molar-refractivity contribution in [2.75, 3.05) is 7.05 Å². The summed E-state index contributed by atoms with van der Waals surface area (Å²) in [4.78, 5) is 0. The Hall–Kier alpha value is -3.24. The van der Waals surface area contributed by atoms with E-state index in [0.29, 0.717) is 6.61 Å². The van der Waals surface area contributed by atoms with Crippen molar-refractivity contribution < 1.29 is 4.74 Å². The fourth-order valence-corrected chi connectivity index (χ4v) is 3.50. The van der Waals surface area contributed by atoms with Crippen LogP contribution in [0.3, 0.4) is 0 Å². The van der Waals surface area contributed by atoms with Gasteiger partial charge in [0, 0.05) is 29.2 Å². The minimum absolute atomic E-state index is 0.548. The molecule has 0 saturated carbocycles. The molecule has 4 N–H and O–H groups in total. The molecule has 0 atom stereocenters. The molecule has 4 nitrogen and oxygen atoms in total. The quantitative estimate of drug-likeness (QED) is 0.578. The summed E-state index contributed by atoms with van der Waals surface area (Å²) >= 11 is 0. The van der Waals surface area contributed by atoms with Gasteiger partial charge in [0.25, 0.3) is 0 Å². The van der Waals surface area contributed by atoms with Gasteiger partial charge in [-0.2, -0.15) is 0 Å². The predicted molar refractivity (Wildman–Crippen MR) is 133 cm³/mol. The smallest absolute Gasteiger partial charge is 0.120 e. The first-order valence-electron chi connectivity index (χ1n) is 10.8. The molecule has 1 heterocycles. The SMILES string of the molecule is C=C/C=c1\c(=C(/C)N)c(-c2cccc(OCc3ccccc3)c2)cn1CCCC.CN. The number of benzene rings is 2. The number of aromatic nitrogens is 1. The summed E-state index contributed by atoms with van der Waals surface area (Å²) < 4.78 is 8.32. The van der Waals surface area contributed by atoms with Crippen LogP contribution in [0.2, 0.25) is 0 Å². The second-order valence-electron chi connectivity index (χ2n) is 7.24. The first kappa shape index (κ1) is 24.0. The molecule has 4 heteroatoms. The molecule has 1 aromatic heterocycles. The zero-order valence-electron chi connectivity index (χ0n) is 19.0. The standard InChI is InChI=1S/C26H30N2O.CH5N/c1-4-6-16-28-18-24(26(20(3)27)25(28)11-5-2)22-14-10-15-23(17-22)29-19-21-12-8-7-9-13-21;1-2/h5,7-15,17-18H,2,4,6,16,19,27H2,1,3H3;2H2,1H3/b25-11+,26-20+;. The fraction of sp³-hybridized carbons (Fsp3) is 0.259. The van der Waals surface area contributed by atoms with E-state index in [-0.39, 0.29) is 0 Å². The number of nitrogens with two attached hydrogens (primary N) is 2. The van der Waals surface area contributed by atoms with E-state index in [0.717, 1.165) is 58.1 Å². The Labute approximate surface area is 186 Å². The average molecular weight is 418 g/mol. The molecule has 0 spiro atoms. The lowest BCUT2D eigenvalue weighted by molar-refractivity contribution is 0.306. The van der Waals surface area contributed by atoms with Crippen LogP contribution in [-0.4, -0.2) is 11.6 Å². The number of aryl methyl sites for hydroxylation is 1. The maximum absolute atomic E-state index is 6.32. The number of hydrogen-bond acceptors (Lipinski definition) is 3. The van der Waals surface area contributed by atoms with Crippen LogP contribution in [0.5, 0.6) is 5.75 Å². The number of hydrogen-bond donors (Lipinski definition) is 2. The van der Waals surface area contributed by atoms with Gasteiger partial charge in [0.2, 0.25) is 0 Å².